The zero-order valence-electron chi connectivity index (χ0n) is 10.4. The minimum atomic E-state index is -0.600. The SMILES string of the molecule is CCC(C(C)=O)c1nc(C(C)(C)OC)no1. The summed E-state index contributed by atoms with van der Waals surface area (Å²) in [6, 6.07) is 0. The second-order valence-electron chi connectivity index (χ2n) is 4.24. The van der Waals surface area contributed by atoms with Crippen molar-refractivity contribution >= 4 is 5.78 Å². The fraction of sp³-hybridized carbons (Fsp3) is 0.727. The Morgan fingerprint density at radius 3 is 2.62 bits per heavy atom. The molecule has 0 amide bonds. The van der Waals surface area contributed by atoms with Gasteiger partial charge in [-0.3, -0.25) is 4.79 Å². The van der Waals surface area contributed by atoms with Crippen LogP contribution < -0.4 is 0 Å². The first kappa shape index (κ1) is 12.8. The van der Waals surface area contributed by atoms with Crippen molar-refractivity contribution in [3.05, 3.63) is 11.7 Å². The molecule has 0 radical (unpaired) electrons. The molecule has 0 spiro atoms. The zero-order valence-corrected chi connectivity index (χ0v) is 10.4. The monoisotopic (exact) mass is 226 g/mol. The minimum Gasteiger partial charge on any atom is -0.371 e. The first-order valence-electron chi connectivity index (χ1n) is 5.32. The van der Waals surface area contributed by atoms with Gasteiger partial charge >= 0.3 is 0 Å². The molecule has 5 heteroatoms. The molecular formula is C11H18N2O3. The molecule has 1 atom stereocenters. The summed E-state index contributed by atoms with van der Waals surface area (Å²) in [4.78, 5) is 15.6. The van der Waals surface area contributed by atoms with E-state index in [4.69, 9.17) is 9.26 Å². The van der Waals surface area contributed by atoms with Crippen LogP contribution in [0.3, 0.4) is 0 Å². The average molecular weight is 226 g/mol. The van der Waals surface area contributed by atoms with Crippen molar-refractivity contribution in [2.24, 2.45) is 0 Å². The van der Waals surface area contributed by atoms with Crippen LogP contribution in [0.4, 0.5) is 0 Å². The Hall–Kier alpha value is -1.23. The molecular weight excluding hydrogens is 208 g/mol. The van der Waals surface area contributed by atoms with Crippen LogP contribution in [0, 0.1) is 0 Å². The maximum atomic E-state index is 11.3. The van der Waals surface area contributed by atoms with E-state index in [9.17, 15) is 4.79 Å². The topological polar surface area (TPSA) is 65.2 Å². The van der Waals surface area contributed by atoms with Gasteiger partial charge in [0.2, 0.25) is 11.7 Å². The molecule has 1 unspecified atom stereocenters. The Morgan fingerprint density at radius 1 is 1.56 bits per heavy atom. The van der Waals surface area contributed by atoms with Gasteiger partial charge in [0.05, 0.1) is 5.92 Å². The Bertz CT molecular complexity index is 371. The highest BCUT2D eigenvalue weighted by molar-refractivity contribution is 5.82. The van der Waals surface area contributed by atoms with E-state index in [1.54, 1.807) is 7.11 Å². The highest BCUT2D eigenvalue weighted by atomic mass is 16.5. The van der Waals surface area contributed by atoms with Crippen LogP contribution in [0.25, 0.3) is 0 Å². The number of carbonyl (C=O) groups excluding carboxylic acids is 1. The van der Waals surface area contributed by atoms with Gasteiger partial charge in [-0.05, 0) is 27.2 Å². The molecule has 0 fully saturated rings. The number of rotatable bonds is 5. The van der Waals surface area contributed by atoms with Crippen molar-refractivity contribution in [2.45, 2.75) is 45.6 Å². The van der Waals surface area contributed by atoms with Crippen molar-refractivity contribution in [2.75, 3.05) is 7.11 Å². The molecule has 1 aromatic heterocycles. The Morgan fingerprint density at radius 2 is 2.19 bits per heavy atom. The van der Waals surface area contributed by atoms with E-state index in [1.165, 1.54) is 6.92 Å². The third-order valence-electron chi connectivity index (χ3n) is 2.69. The third-order valence-corrected chi connectivity index (χ3v) is 2.69. The summed E-state index contributed by atoms with van der Waals surface area (Å²) in [6.07, 6.45) is 0.657. The summed E-state index contributed by atoms with van der Waals surface area (Å²) in [5, 5.41) is 3.85. The lowest BCUT2D eigenvalue weighted by Crippen LogP contribution is -2.21. The van der Waals surface area contributed by atoms with Gasteiger partial charge in [-0.1, -0.05) is 12.1 Å². The predicted octanol–water partition coefficient (Wildman–Crippen LogP) is 2.03. The average Bonchev–Trinajstić information content (AvgIpc) is 2.68. The molecule has 0 saturated carbocycles. The summed E-state index contributed by atoms with van der Waals surface area (Å²) in [5.74, 6) is 0.557. The van der Waals surface area contributed by atoms with E-state index in [-0.39, 0.29) is 11.7 Å². The van der Waals surface area contributed by atoms with E-state index in [2.05, 4.69) is 10.1 Å². The van der Waals surface area contributed by atoms with Crippen LogP contribution in [0.2, 0.25) is 0 Å². The van der Waals surface area contributed by atoms with E-state index >= 15 is 0 Å². The number of Topliss-reactive ketones (excluding diaryl/α,β-unsaturated/α-hetero) is 1. The maximum absolute atomic E-state index is 11.3. The Kier molecular flexibility index (Phi) is 3.80. The van der Waals surface area contributed by atoms with Gasteiger partial charge in [0.25, 0.3) is 0 Å². The molecule has 1 aromatic rings. The van der Waals surface area contributed by atoms with Gasteiger partial charge in [-0.2, -0.15) is 4.98 Å². The number of aromatic nitrogens is 2. The highest BCUT2D eigenvalue weighted by Gasteiger charge is 2.29. The van der Waals surface area contributed by atoms with Gasteiger partial charge in [0.1, 0.15) is 11.4 Å². The number of hydrogen-bond acceptors (Lipinski definition) is 5. The van der Waals surface area contributed by atoms with Crippen LogP contribution in [-0.2, 0) is 15.1 Å². The standard InChI is InChI=1S/C11H18N2O3/c1-6-8(7(2)14)9-12-10(13-16-9)11(3,4)15-5/h8H,6H2,1-5H3. The minimum absolute atomic E-state index is 0.0351. The molecule has 1 rings (SSSR count). The lowest BCUT2D eigenvalue weighted by molar-refractivity contribution is -0.119. The van der Waals surface area contributed by atoms with Crippen LogP contribution in [0.1, 0.15) is 51.7 Å². The fourth-order valence-electron chi connectivity index (χ4n) is 1.35. The van der Waals surface area contributed by atoms with Gasteiger partial charge in [0.15, 0.2) is 0 Å². The van der Waals surface area contributed by atoms with E-state index < -0.39 is 5.60 Å². The van der Waals surface area contributed by atoms with Crippen LogP contribution >= 0.6 is 0 Å². The van der Waals surface area contributed by atoms with E-state index in [0.717, 1.165) is 0 Å². The maximum Gasteiger partial charge on any atom is 0.237 e. The number of ketones is 1. The van der Waals surface area contributed by atoms with E-state index in [1.807, 2.05) is 20.8 Å². The van der Waals surface area contributed by atoms with Gasteiger partial charge in [-0.25, -0.2) is 0 Å². The second-order valence-corrected chi connectivity index (χ2v) is 4.24. The molecule has 0 aliphatic rings. The van der Waals surface area contributed by atoms with Gasteiger partial charge < -0.3 is 9.26 Å². The van der Waals surface area contributed by atoms with Crippen molar-refractivity contribution in [1.29, 1.82) is 0 Å². The largest absolute Gasteiger partial charge is 0.371 e. The first-order chi connectivity index (χ1) is 7.42. The van der Waals surface area contributed by atoms with Crippen molar-refractivity contribution in [1.82, 2.24) is 10.1 Å². The predicted molar refractivity (Wildman–Crippen MR) is 58.0 cm³/mol. The third kappa shape index (κ3) is 2.47. The number of hydrogen-bond donors (Lipinski definition) is 0. The number of ether oxygens (including phenoxy) is 1. The summed E-state index contributed by atoms with van der Waals surface area (Å²) in [5.41, 5.74) is -0.600. The quantitative estimate of drug-likeness (QED) is 0.768. The molecule has 16 heavy (non-hydrogen) atoms. The molecule has 0 aliphatic carbocycles. The fourth-order valence-corrected chi connectivity index (χ4v) is 1.35. The molecule has 1 heterocycles. The Balaban J connectivity index is 2.98. The molecule has 0 bridgehead atoms. The molecule has 0 saturated heterocycles. The van der Waals surface area contributed by atoms with Crippen LogP contribution in [-0.4, -0.2) is 23.0 Å². The molecule has 0 aliphatic heterocycles. The van der Waals surface area contributed by atoms with Crippen molar-refractivity contribution in [3.8, 4) is 0 Å². The lowest BCUT2D eigenvalue weighted by atomic mass is 10.0. The summed E-state index contributed by atoms with van der Waals surface area (Å²) >= 11 is 0. The summed E-state index contributed by atoms with van der Waals surface area (Å²) in [6.45, 7) is 7.13. The molecule has 0 N–H and O–H groups in total. The highest BCUT2D eigenvalue weighted by Crippen LogP contribution is 2.24. The van der Waals surface area contributed by atoms with Crippen molar-refractivity contribution < 1.29 is 14.1 Å². The first-order valence-corrected chi connectivity index (χ1v) is 5.32. The van der Waals surface area contributed by atoms with Crippen molar-refractivity contribution in [3.63, 3.8) is 0 Å². The lowest BCUT2D eigenvalue weighted by Gasteiger charge is -2.17. The zero-order chi connectivity index (χ0) is 12.3. The van der Waals surface area contributed by atoms with E-state index in [0.29, 0.717) is 18.1 Å². The number of methoxy groups -OCH3 is 1. The van der Waals surface area contributed by atoms with Gasteiger partial charge in [-0.15, -0.1) is 0 Å². The summed E-state index contributed by atoms with van der Waals surface area (Å²) in [7, 11) is 1.58. The molecule has 90 valence electrons. The smallest absolute Gasteiger partial charge is 0.237 e. The second kappa shape index (κ2) is 4.74. The molecule has 5 nitrogen and oxygen atoms in total. The number of carbonyl (C=O) groups is 1. The summed E-state index contributed by atoms with van der Waals surface area (Å²) < 4.78 is 10.3. The number of nitrogens with zero attached hydrogens (tertiary/aromatic N) is 2. The normalized spacial score (nSPS) is 13.8. The Labute approximate surface area is 95.2 Å². The van der Waals surface area contributed by atoms with Gasteiger partial charge in [0, 0.05) is 7.11 Å². The van der Waals surface area contributed by atoms with Crippen LogP contribution in [0.5, 0.6) is 0 Å². The van der Waals surface area contributed by atoms with Crippen LogP contribution in [0.15, 0.2) is 4.52 Å². The molecule has 0 aromatic carbocycles.